The van der Waals surface area contributed by atoms with Crippen LogP contribution in [0.25, 0.3) is 0 Å². The summed E-state index contributed by atoms with van der Waals surface area (Å²) in [6.07, 6.45) is 1.40. The third-order valence-electron chi connectivity index (χ3n) is 2.56. The molecule has 0 saturated carbocycles. The van der Waals surface area contributed by atoms with Gasteiger partial charge in [0.2, 0.25) is 11.8 Å². The highest BCUT2D eigenvalue weighted by Crippen LogP contribution is 2.16. The van der Waals surface area contributed by atoms with Gasteiger partial charge >= 0.3 is 0 Å². The molecule has 1 saturated heterocycles. The molecule has 1 aliphatic rings. The molecule has 1 heterocycles. The lowest BCUT2D eigenvalue weighted by Gasteiger charge is -2.36. The average Bonchev–Trinajstić information content (AvgIpc) is 2.01. The lowest BCUT2D eigenvalue weighted by Crippen LogP contribution is -2.49. The van der Waals surface area contributed by atoms with Crippen LogP contribution in [0.15, 0.2) is 0 Å². The van der Waals surface area contributed by atoms with Gasteiger partial charge in [0.15, 0.2) is 0 Å². The van der Waals surface area contributed by atoms with Crippen LogP contribution in [0.1, 0.15) is 26.2 Å². The van der Waals surface area contributed by atoms with Crippen molar-refractivity contribution in [2.24, 2.45) is 11.5 Å². The zero-order valence-electron chi connectivity index (χ0n) is 8.40. The van der Waals surface area contributed by atoms with Crippen LogP contribution in [0.5, 0.6) is 0 Å². The van der Waals surface area contributed by atoms with Gasteiger partial charge in [0.25, 0.3) is 0 Å². The Hall–Kier alpha value is -1.10. The van der Waals surface area contributed by atoms with Crippen LogP contribution in [-0.2, 0) is 9.59 Å². The number of nitrogens with zero attached hydrogens (tertiary/aromatic N) is 1. The van der Waals surface area contributed by atoms with E-state index in [0.29, 0.717) is 6.54 Å². The van der Waals surface area contributed by atoms with Crippen molar-refractivity contribution >= 4 is 11.8 Å². The molecule has 5 heteroatoms. The van der Waals surface area contributed by atoms with Gasteiger partial charge in [-0.05, 0) is 19.8 Å². The number of rotatable bonds is 2. The van der Waals surface area contributed by atoms with Crippen LogP contribution < -0.4 is 11.5 Å². The van der Waals surface area contributed by atoms with E-state index in [1.165, 1.54) is 0 Å². The third kappa shape index (κ3) is 2.70. The second-order valence-electron chi connectivity index (χ2n) is 3.86. The number of likely N-dealkylation sites (tertiary alicyclic amines) is 1. The first-order valence-electron chi connectivity index (χ1n) is 4.84. The number of nitrogens with two attached hydrogens (primary N) is 2. The standard InChI is InChI=1S/C9H17N3O2/c1-6-4-7(10)2-3-12(6)9(14)5-8(11)13/h6-7H,2-5,10H2,1H3,(H2,11,13). The minimum Gasteiger partial charge on any atom is -0.369 e. The lowest BCUT2D eigenvalue weighted by atomic mass is 9.99. The smallest absolute Gasteiger partial charge is 0.232 e. The highest BCUT2D eigenvalue weighted by molar-refractivity contribution is 5.96. The molecule has 0 radical (unpaired) electrons. The summed E-state index contributed by atoms with van der Waals surface area (Å²) < 4.78 is 0. The second kappa shape index (κ2) is 4.41. The Bertz CT molecular complexity index is 242. The number of hydrogen-bond acceptors (Lipinski definition) is 3. The van der Waals surface area contributed by atoms with Crippen LogP contribution in [0.3, 0.4) is 0 Å². The van der Waals surface area contributed by atoms with Gasteiger partial charge in [-0.15, -0.1) is 0 Å². The molecule has 0 aromatic carbocycles. The molecule has 0 aromatic rings. The Morgan fingerprint density at radius 2 is 2.14 bits per heavy atom. The number of primary amides is 1. The molecule has 2 atom stereocenters. The van der Waals surface area contributed by atoms with Crippen molar-refractivity contribution in [2.45, 2.75) is 38.3 Å². The van der Waals surface area contributed by atoms with E-state index in [4.69, 9.17) is 11.5 Å². The largest absolute Gasteiger partial charge is 0.369 e. The van der Waals surface area contributed by atoms with Gasteiger partial charge in [0, 0.05) is 18.6 Å². The molecule has 1 aliphatic heterocycles. The molecule has 0 aliphatic carbocycles. The van der Waals surface area contributed by atoms with E-state index in [1.807, 2.05) is 6.92 Å². The molecule has 4 N–H and O–H groups in total. The fraction of sp³-hybridized carbons (Fsp3) is 0.778. The quantitative estimate of drug-likeness (QED) is 0.570. The highest BCUT2D eigenvalue weighted by atomic mass is 16.2. The Labute approximate surface area is 83.4 Å². The molecule has 1 fully saturated rings. The first-order chi connectivity index (χ1) is 6.50. The van der Waals surface area contributed by atoms with Gasteiger partial charge in [-0.3, -0.25) is 9.59 Å². The summed E-state index contributed by atoms with van der Waals surface area (Å²) in [5.41, 5.74) is 10.7. The normalized spacial score (nSPS) is 27.4. The molecule has 2 unspecified atom stereocenters. The fourth-order valence-electron chi connectivity index (χ4n) is 1.83. The second-order valence-corrected chi connectivity index (χ2v) is 3.86. The topological polar surface area (TPSA) is 89.4 Å². The SMILES string of the molecule is CC1CC(N)CCN1C(=O)CC(N)=O. The summed E-state index contributed by atoms with van der Waals surface area (Å²) in [5.74, 6) is -0.756. The van der Waals surface area contributed by atoms with Crippen molar-refractivity contribution < 1.29 is 9.59 Å². The number of carbonyl (C=O) groups excluding carboxylic acids is 2. The molecule has 0 spiro atoms. The zero-order chi connectivity index (χ0) is 10.7. The van der Waals surface area contributed by atoms with E-state index < -0.39 is 5.91 Å². The van der Waals surface area contributed by atoms with Crippen molar-refractivity contribution in [2.75, 3.05) is 6.54 Å². The molecule has 2 amide bonds. The molecular weight excluding hydrogens is 182 g/mol. The van der Waals surface area contributed by atoms with E-state index in [-0.39, 0.29) is 24.4 Å². The fourth-order valence-corrected chi connectivity index (χ4v) is 1.83. The summed E-state index contributed by atoms with van der Waals surface area (Å²) in [5, 5.41) is 0. The van der Waals surface area contributed by atoms with Crippen LogP contribution in [0, 0.1) is 0 Å². The Morgan fingerprint density at radius 1 is 1.50 bits per heavy atom. The first kappa shape index (κ1) is 11.0. The van der Waals surface area contributed by atoms with Gasteiger partial charge in [0.05, 0.1) is 0 Å². The first-order valence-corrected chi connectivity index (χ1v) is 4.84. The van der Waals surface area contributed by atoms with Crippen molar-refractivity contribution in [1.29, 1.82) is 0 Å². The molecular formula is C9H17N3O2. The Kier molecular flexibility index (Phi) is 3.46. The van der Waals surface area contributed by atoms with Crippen molar-refractivity contribution in [3.63, 3.8) is 0 Å². The zero-order valence-corrected chi connectivity index (χ0v) is 8.40. The number of piperidine rings is 1. The summed E-state index contributed by atoms with van der Waals surface area (Å²) in [4.78, 5) is 23.8. The summed E-state index contributed by atoms with van der Waals surface area (Å²) in [7, 11) is 0. The molecule has 14 heavy (non-hydrogen) atoms. The monoisotopic (exact) mass is 199 g/mol. The maximum absolute atomic E-state index is 11.5. The maximum atomic E-state index is 11.5. The van der Waals surface area contributed by atoms with Crippen LogP contribution in [0.2, 0.25) is 0 Å². The summed E-state index contributed by atoms with van der Waals surface area (Å²) in [6.45, 7) is 2.58. The number of hydrogen-bond donors (Lipinski definition) is 2. The van der Waals surface area contributed by atoms with Gasteiger partial charge in [-0.25, -0.2) is 0 Å². The number of carbonyl (C=O) groups is 2. The van der Waals surface area contributed by atoms with Gasteiger partial charge < -0.3 is 16.4 Å². The Balaban J connectivity index is 2.51. The van der Waals surface area contributed by atoms with Crippen molar-refractivity contribution in [3.8, 4) is 0 Å². The minimum atomic E-state index is -0.572. The summed E-state index contributed by atoms with van der Waals surface area (Å²) >= 11 is 0. The predicted molar refractivity (Wildman–Crippen MR) is 52.2 cm³/mol. The van der Waals surface area contributed by atoms with E-state index in [1.54, 1.807) is 4.90 Å². The van der Waals surface area contributed by atoms with Gasteiger partial charge in [-0.1, -0.05) is 0 Å². The molecule has 0 aromatic heterocycles. The summed E-state index contributed by atoms with van der Waals surface area (Å²) in [6, 6.07) is 0.285. The van der Waals surface area contributed by atoms with E-state index >= 15 is 0 Å². The minimum absolute atomic E-state index is 0.116. The highest BCUT2D eigenvalue weighted by Gasteiger charge is 2.27. The van der Waals surface area contributed by atoms with E-state index in [9.17, 15) is 9.59 Å². The van der Waals surface area contributed by atoms with E-state index in [0.717, 1.165) is 12.8 Å². The third-order valence-corrected chi connectivity index (χ3v) is 2.56. The average molecular weight is 199 g/mol. The van der Waals surface area contributed by atoms with Gasteiger partial charge in [0.1, 0.15) is 6.42 Å². The maximum Gasteiger partial charge on any atom is 0.232 e. The lowest BCUT2D eigenvalue weighted by molar-refractivity contribution is -0.137. The molecule has 5 nitrogen and oxygen atoms in total. The van der Waals surface area contributed by atoms with Crippen molar-refractivity contribution in [1.82, 2.24) is 4.90 Å². The predicted octanol–water partition coefficient (Wildman–Crippen LogP) is -0.800. The molecule has 0 bridgehead atoms. The van der Waals surface area contributed by atoms with Crippen molar-refractivity contribution in [3.05, 3.63) is 0 Å². The van der Waals surface area contributed by atoms with Crippen LogP contribution >= 0.6 is 0 Å². The van der Waals surface area contributed by atoms with E-state index in [2.05, 4.69) is 0 Å². The molecule has 80 valence electrons. The van der Waals surface area contributed by atoms with Crippen LogP contribution in [-0.4, -0.2) is 35.3 Å². The Morgan fingerprint density at radius 3 is 2.64 bits per heavy atom. The number of amides is 2. The molecule has 1 rings (SSSR count). The van der Waals surface area contributed by atoms with Crippen LogP contribution in [0.4, 0.5) is 0 Å². The van der Waals surface area contributed by atoms with Gasteiger partial charge in [-0.2, -0.15) is 0 Å².